The van der Waals surface area contributed by atoms with Crippen molar-refractivity contribution in [1.82, 2.24) is 4.98 Å². The number of carbonyl (C=O) groups excluding carboxylic acids is 2. The zero-order valence-electron chi connectivity index (χ0n) is 6.39. The van der Waals surface area contributed by atoms with E-state index < -0.39 is 11.9 Å². The summed E-state index contributed by atoms with van der Waals surface area (Å²) in [5.41, 5.74) is 0. The van der Waals surface area contributed by atoms with E-state index in [1.54, 1.807) is 5.38 Å². The van der Waals surface area contributed by atoms with Crippen LogP contribution in [-0.4, -0.2) is 16.9 Å². The molecule has 0 atom stereocenters. The Morgan fingerprint density at radius 2 is 2.31 bits per heavy atom. The van der Waals surface area contributed by atoms with E-state index in [4.69, 9.17) is 0 Å². The molecule has 0 aliphatic heterocycles. The number of thiazole rings is 1. The molecule has 6 heteroatoms. The number of carboxylic acids is 1. The largest absolute Gasteiger partial charge is 0.545 e. The molecule has 5 nitrogen and oxygen atoms in total. The fourth-order valence-corrected chi connectivity index (χ4v) is 1.11. The standard InChI is InChI=1S/C7H6N2O3S/c10-5(1-2-6(11)12)9-7-8-3-4-13-7/h1-4H,(H,11,12)(H,8,9,10)/p-1. The van der Waals surface area contributed by atoms with Gasteiger partial charge in [-0.2, -0.15) is 0 Å². The SMILES string of the molecule is O=C([O-])C=CC(=O)Nc1nccs1. The highest BCUT2D eigenvalue weighted by Gasteiger charge is 1.97. The average molecular weight is 197 g/mol. The molecule has 13 heavy (non-hydrogen) atoms. The molecular formula is C7H5N2O3S-. The van der Waals surface area contributed by atoms with Crippen molar-refractivity contribution in [2.24, 2.45) is 0 Å². The number of hydrogen-bond acceptors (Lipinski definition) is 5. The van der Waals surface area contributed by atoms with Crippen molar-refractivity contribution in [3.63, 3.8) is 0 Å². The van der Waals surface area contributed by atoms with Crippen LogP contribution in [0.15, 0.2) is 23.7 Å². The smallest absolute Gasteiger partial charge is 0.250 e. The van der Waals surface area contributed by atoms with Crippen LogP contribution in [0.2, 0.25) is 0 Å². The lowest BCUT2D eigenvalue weighted by atomic mass is 10.5. The van der Waals surface area contributed by atoms with E-state index in [-0.39, 0.29) is 0 Å². The Balaban J connectivity index is 2.47. The van der Waals surface area contributed by atoms with Crippen LogP contribution in [0.25, 0.3) is 0 Å². The number of anilines is 1. The van der Waals surface area contributed by atoms with Gasteiger partial charge in [0, 0.05) is 17.7 Å². The summed E-state index contributed by atoms with van der Waals surface area (Å²) < 4.78 is 0. The molecule has 0 fully saturated rings. The first kappa shape index (κ1) is 9.40. The Hall–Kier alpha value is -1.69. The number of aliphatic carboxylic acids is 1. The number of carboxylic acid groups (broad SMARTS) is 1. The molecule has 0 radical (unpaired) electrons. The van der Waals surface area contributed by atoms with E-state index in [0.717, 1.165) is 6.08 Å². The predicted octanol–water partition coefficient (Wildman–Crippen LogP) is -0.612. The third-order valence-electron chi connectivity index (χ3n) is 1.03. The molecule has 68 valence electrons. The first-order chi connectivity index (χ1) is 6.18. The molecule has 0 aromatic carbocycles. The van der Waals surface area contributed by atoms with Crippen LogP contribution >= 0.6 is 11.3 Å². The summed E-state index contributed by atoms with van der Waals surface area (Å²) in [6.45, 7) is 0. The zero-order valence-corrected chi connectivity index (χ0v) is 7.21. The Labute approximate surface area is 77.7 Å². The van der Waals surface area contributed by atoms with Gasteiger partial charge in [-0.05, 0) is 6.08 Å². The quantitative estimate of drug-likeness (QED) is 0.655. The molecule has 1 amide bonds. The van der Waals surface area contributed by atoms with Crippen LogP contribution in [0.4, 0.5) is 5.13 Å². The van der Waals surface area contributed by atoms with Crippen molar-refractivity contribution < 1.29 is 14.7 Å². The van der Waals surface area contributed by atoms with Crippen molar-refractivity contribution in [3.8, 4) is 0 Å². The average Bonchev–Trinajstić information content (AvgIpc) is 2.53. The Morgan fingerprint density at radius 1 is 1.54 bits per heavy atom. The first-order valence-electron chi connectivity index (χ1n) is 3.28. The summed E-state index contributed by atoms with van der Waals surface area (Å²) in [6, 6.07) is 0. The lowest BCUT2D eigenvalue weighted by Crippen LogP contribution is -2.20. The highest BCUT2D eigenvalue weighted by Crippen LogP contribution is 2.09. The predicted molar refractivity (Wildman–Crippen MR) is 44.9 cm³/mol. The molecule has 1 aromatic rings. The minimum absolute atomic E-state index is 0.424. The van der Waals surface area contributed by atoms with Crippen LogP contribution in [-0.2, 0) is 9.59 Å². The summed E-state index contributed by atoms with van der Waals surface area (Å²) in [6.07, 6.45) is 3.06. The summed E-state index contributed by atoms with van der Waals surface area (Å²) in [4.78, 5) is 24.6. The Bertz CT molecular complexity index is 332. The van der Waals surface area contributed by atoms with Crippen LogP contribution in [0, 0.1) is 0 Å². The van der Waals surface area contributed by atoms with Gasteiger partial charge in [-0.3, -0.25) is 10.1 Å². The number of aromatic nitrogens is 1. The van der Waals surface area contributed by atoms with Crippen molar-refractivity contribution in [3.05, 3.63) is 23.7 Å². The van der Waals surface area contributed by atoms with E-state index >= 15 is 0 Å². The summed E-state index contributed by atoms with van der Waals surface area (Å²) in [5.74, 6) is -1.95. The van der Waals surface area contributed by atoms with Gasteiger partial charge in [0.25, 0.3) is 0 Å². The van der Waals surface area contributed by atoms with Crippen LogP contribution < -0.4 is 10.4 Å². The highest BCUT2D eigenvalue weighted by atomic mass is 32.1. The van der Waals surface area contributed by atoms with Crippen LogP contribution in [0.3, 0.4) is 0 Å². The lowest BCUT2D eigenvalue weighted by Gasteiger charge is -1.95. The van der Waals surface area contributed by atoms with Gasteiger partial charge < -0.3 is 9.90 Å². The number of carbonyl (C=O) groups is 2. The number of nitrogens with one attached hydrogen (secondary N) is 1. The molecule has 0 unspecified atom stereocenters. The molecule has 0 saturated heterocycles. The fourth-order valence-electron chi connectivity index (χ4n) is 0.576. The molecule has 0 saturated carbocycles. The van der Waals surface area contributed by atoms with Crippen molar-refractivity contribution in [2.45, 2.75) is 0 Å². The van der Waals surface area contributed by atoms with Gasteiger partial charge in [0.1, 0.15) is 0 Å². The van der Waals surface area contributed by atoms with Crippen LogP contribution in [0.5, 0.6) is 0 Å². The summed E-state index contributed by atoms with van der Waals surface area (Å²) in [5, 5.41) is 14.4. The maximum Gasteiger partial charge on any atom is 0.250 e. The molecule has 0 bridgehead atoms. The van der Waals surface area contributed by atoms with Gasteiger partial charge in [-0.15, -0.1) is 11.3 Å². The van der Waals surface area contributed by atoms with E-state index in [1.165, 1.54) is 17.5 Å². The second-order valence-electron chi connectivity index (χ2n) is 1.98. The minimum Gasteiger partial charge on any atom is -0.545 e. The monoisotopic (exact) mass is 197 g/mol. The molecule has 1 N–H and O–H groups in total. The van der Waals surface area contributed by atoms with E-state index in [0.29, 0.717) is 11.2 Å². The Kier molecular flexibility index (Phi) is 3.15. The molecule has 1 aromatic heterocycles. The number of hydrogen-bond donors (Lipinski definition) is 1. The number of rotatable bonds is 3. The number of nitrogens with zero attached hydrogens (tertiary/aromatic N) is 1. The van der Waals surface area contributed by atoms with Gasteiger partial charge in [0.15, 0.2) is 5.13 Å². The summed E-state index contributed by atoms with van der Waals surface area (Å²) in [7, 11) is 0. The lowest BCUT2D eigenvalue weighted by molar-refractivity contribution is -0.297. The maximum atomic E-state index is 10.9. The topological polar surface area (TPSA) is 82.1 Å². The third-order valence-corrected chi connectivity index (χ3v) is 1.72. The van der Waals surface area contributed by atoms with E-state index in [9.17, 15) is 14.7 Å². The molecule has 0 aliphatic carbocycles. The first-order valence-corrected chi connectivity index (χ1v) is 4.16. The molecule has 1 rings (SSSR count). The molecule has 0 spiro atoms. The van der Waals surface area contributed by atoms with E-state index in [2.05, 4.69) is 10.3 Å². The van der Waals surface area contributed by atoms with Gasteiger partial charge in [0.2, 0.25) is 5.91 Å². The van der Waals surface area contributed by atoms with Gasteiger partial charge in [-0.1, -0.05) is 0 Å². The van der Waals surface area contributed by atoms with Crippen molar-refractivity contribution >= 4 is 28.3 Å². The molecular weight excluding hydrogens is 192 g/mol. The van der Waals surface area contributed by atoms with Crippen molar-refractivity contribution in [2.75, 3.05) is 5.32 Å². The Morgan fingerprint density at radius 3 is 2.85 bits per heavy atom. The van der Waals surface area contributed by atoms with Gasteiger partial charge in [0.05, 0.1) is 5.97 Å². The zero-order chi connectivity index (χ0) is 9.68. The molecule has 0 aliphatic rings. The second kappa shape index (κ2) is 4.36. The van der Waals surface area contributed by atoms with Crippen molar-refractivity contribution in [1.29, 1.82) is 0 Å². The molecule has 1 heterocycles. The maximum absolute atomic E-state index is 10.9. The highest BCUT2D eigenvalue weighted by molar-refractivity contribution is 7.13. The van der Waals surface area contributed by atoms with Gasteiger partial charge in [-0.25, -0.2) is 4.98 Å². The van der Waals surface area contributed by atoms with Crippen LogP contribution in [0.1, 0.15) is 0 Å². The van der Waals surface area contributed by atoms with E-state index in [1.807, 2.05) is 0 Å². The summed E-state index contributed by atoms with van der Waals surface area (Å²) >= 11 is 1.25. The van der Waals surface area contributed by atoms with Gasteiger partial charge >= 0.3 is 0 Å². The fraction of sp³-hybridized carbons (Fsp3) is 0. The number of amides is 1. The normalized spacial score (nSPS) is 10.2. The minimum atomic E-state index is -1.41. The second-order valence-corrected chi connectivity index (χ2v) is 2.87. The third kappa shape index (κ3) is 3.48.